The van der Waals surface area contributed by atoms with E-state index in [0.717, 1.165) is 37.8 Å². The molecule has 1 aliphatic rings. The maximum atomic E-state index is 11.5. The molecule has 1 fully saturated rings. The summed E-state index contributed by atoms with van der Waals surface area (Å²) in [4.78, 5) is 30.8. The lowest BCUT2D eigenvalue weighted by Crippen LogP contribution is -2.28. The Labute approximate surface area is 164 Å². The average molecular weight is 395 g/mol. The van der Waals surface area contributed by atoms with Gasteiger partial charge in [-0.15, -0.1) is 0 Å². The van der Waals surface area contributed by atoms with Crippen LogP contribution in [0.2, 0.25) is 0 Å². The molecule has 1 saturated heterocycles. The molecule has 28 heavy (non-hydrogen) atoms. The second-order valence-corrected chi connectivity index (χ2v) is 6.36. The first-order valence-corrected chi connectivity index (χ1v) is 9.46. The van der Waals surface area contributed by atoms with Crippen molar-refractivity contribution in [3.63, 3.8) is 0 Å². The van der Waals surface area contributed by atoms with E-state index < -0.39 is 11.9 Å². The third-order valence-electron chi connectivity index (χ3n) is 4.17. The molecule has 0 saturated carbocycles. The van der Waals surface area contributed by atoms with Gasteiger partial charge in [-0.25, -0.2) is 4.79 Å². The number of benzene rings is 1. The van der Waals surface area contributed by atoms with E-state index >= 15 is 0 Å². The number of piperidine rings is 1. The van der Waals surface area contributed by atoms with Crippen LogP contribution in [0.25, 0.3) is 0 Å². The largest absolute Gasteiger partial charge is 0.494 e. The van der Waals surface area contributed by atoms with E-state index in [9.17, 15) is 14.4 Å². The summed E-state index contributed by atoms with van der Waals surface area (Å²) >= 11 is 0. The maximum Gasteiger partial charge on any atom is 0.338 e. The summed E-state index contributed by atoms with van der Waals surface area (Å²) in [7, 11) is 0. The Kier molecular flexibility index (Phi) is 11.3. The Hall–Kier alpha value is -2.61. The Balaban J connectivity index is 0.000000416. The molecule has 3 N–H and O–H groups in total. The molecule has 0 aromatic heterocycles. The van der Waals surface area contributed by atoms with Gasteiger partial charge in [-0.05, 0) is 69.5 Å². The van der Waals surface area contributed by atoms with Gasteiger partial charge >= 0.3 is 17.9 Å². The quantitative estimate of drug-likeness (QED) is 0.545. The van der Waals surface area contributed by atoms with Gasteiger partial charge in [0.05, 0.1) is 31.6 Å². The van der Waals surface area contributed by atoms with Gasteiger partial charge in [0.1, 0.15) is 5.75 Å². The van der Waals surface area contributed by atoms with Crippen LogP contribution in [0.15, 0.2) is 24.3 Å². The van der Waals surface area contributed by atoms with Gasteiger partial charge in [-0.2, -0.15) is 0 Å². The first kappa shape index (κ1) is 23.4. The number of nitrogens with one attached hydrogen (secondary N) is 1. The van der Waals surface area contributed by atoms with E-state index in [-0.39, 0.29) is 18.8 Å². The van der Waals surface area contributed by atoms with E-state index in [1.165, 1.54) is 12.8 Å². The summed E-state index contributed by atoms with van der Waals surface area (Å²) in [6.45, 7) is 5.19. The third kappa shape index (κ3) is 10.5. The molecular weight excluding hydrogens is 366 g/mol. The molecule has 0 amide bonds. The lowest BCUT2D eigenvalue weighted by Gasteiger charge is -2.22. The van der Waals surface area contributed by atoms with Crippen molar-refractivity contribution in [3.05, 3.63) is 29.8 Å². The van der Waals surface area contributed by atoms with Crippen molar-refractivity contribution < 1.29 is 34.1 Å². The molecule has 0 unspecified atom stereocenters. The van der Waals surface area contributed by atoms with Crippen LogP contribution in [0.3, 0.4) is 0 Å². The minimum absolute atomic E-state index is 0.284. The number of esters is 1. The number of aliphatic carboxylic acids is 2. The SMILES string of the molecule is CCOC(=O)c1ccc(OCCC2CCNCC2)cc1.O=C(O)CCC(=O)O. The van der Waals surface area contributed by atoms with Crippen LogP contribution in [-0.2, 0) is 14.3 Å². The zero-order valence-corrected chi connectivity index (χ0v) is 16.2. The first-order chi connectivity index (χ1) is 13.4. The van der Waals surface area contributed by atoms with Crippen LogP contribution in [0.4, 0.5) is 0 Å². The Morgan fingerprint density at radius 2 is 1.61 bits per heavy atom. The van der Waals surface area contributed by atoms with Gasteiger partial charge in [0.15, 0.2) is 0 Å². The number of hydrogen-bond acceptors (Lipinski definition) is 6. The molecule has 8 heteroatoms. The highest BCUT2D eigenvalue weighted by Crippen LogP contribution is 2.18. The molecule has 156 valence electrons. The minimum atomic E-state index is -1.08. The van der Waals surface area contributed by atoms with E-state index in [4.69, 9.17) is 19.7 Å². The fourth-order valence-electron chi connectivity index (χ4n) is 2.63. The summed E-state index contributed by atoms with van der Waals surface area (Å²) in [5, 5.41) is 19.2. The molecule has 1 aliphatic heterocycles. The van der Waals surface area contributed by atoms with E-state index in [1.54, 1.807) is 19.1 Å². The van der Waals surface area contributed by atoms with Crippen LogP contribution >= 0.6 is 0 Å². The van der Waals surface area contributed by atoms with Crippen molar-refractivity contribution in [1.29, 1.82) is 0 Å². The van der Waals surface area contributed by atoms with Crippen molar-refractivity contribution in [1.82, 2.24) is 5.32 Å². The second-order valence-electron chi connectivity index (χ2n) is 6.36. The van der Waals surface area contributed by atoms with Gasteiger partial charge in [-0.3, -0.25) is 9.59 Å². The molecule has 0 bridgehead atoms. The zero-order chi connectivity index (χ0) is 20.8. The highest BCUT2D eigenvalue weighted by atomic mass is 16.5. The average Bonchev–Trinajstić information content (AvgIpc) is 2.68. The molecule has 0 aliphatic carbocycles. The van der Waals surface area contributed by atoms with Crippen molar-refractivity contribution in [3.8, 4) is 5.75 Å². The summed E-state index contributed by atoms with van der Waals surface area (Å²) in [6, 6.07) is 7.15. The molecule has 8 nitrogen and oxygen atoms in total. The van der Waals surface area contributed by atoms with Crippen molar-refractivity contribution >= 4 is 17.9 Å². The van der Waals surface area contributed by atoms with Gasteiger partial charge in [0.2, 0.25) is 0 Å². The lowest BCUT2D eigenvalue weighted by atomic mass is 9.95. The molecule has 0 atom stereocenters. The lowest BCUT2D eigenvalue weighted by molar-refractivity contribution is -0.143. The van der Waals surface area contributed by atoms with Gasteiger partial charge in [-0.1, -0.05) is 0 Å². The van der Waals surface area contributed by atoms with Crippen molar-refractivity contribution in [2.75, 3.05) is 26.3 Å². The van der Waals surface area contributed by atoms with Crippen LogP contribution < -0.4 is 10.1 Å². The Morgan fingerprint density at radius 3 is 2.11 bits per heavy atom. The van der Waals surface area contributed by atoms with E-state index in [0.29, 0.717) is 12.2 Å². The second kappa shape index (κ2) is 13.5. The van der Waals surface area contributed by atoms with Crippen molar-refractivity contribution in [2.45, 2.75) is 39.0 Å². The molecule has 1 heterocycles. The standard InChI is InChI=1S/C16H23NO3.C4H6O4/c1-2-19-16(18)14-3-5-15(6-4-14)20-12-9-13-7-10-17-11-8-13;5-3(6)1-2-4(7)8/h3-6,13,17H,2,7-12H2,1H3;1-2H2,(H,5,6)(H,7,8). The minimum Gasteiger partial charge on any atom is -0.494 e. The van der Waals surface area contributed by atoms with E-state index in [2.05, 4.69) is 5.32 Å². The smallest absolute Gasteiger partial charge is 0.338 e. The highest BCUT2D eigenvalue weighted by molar-refractivity contribution is 5.89. The number of ether oxygens (including phenoxy) is 2. The van der Waals surface area contributed by atoms with Gasteiger partial charge < -0.3 is 25.0 Å². The van der Waals surface area contributed by atoms with Crippen LogP contribution in [0, 0.1) is 5.92 Å². The number of carbonyl (C=O) groups excluding carboxylic acids is 1. The number of rotatable bonds is 9. The summed E-state index contributed by atoms with van der Waals surface area (Å²) in [5.74, 6) is -0.851. The van der Waals surface area contributed by atoms with E-state index in [1.807, 2.05) is 12.1 Å². The van der Waals surface area contributed by atoms with Crippen LogP contribution in [-0.4, -0.2) is 54.4 Å². The maximum absolute atomic E-state index is 11.5. The summed E-state index contributed by atoms with van der Waals surface area (Å²) < 4.78 is 10.7. The van der Waals surface area contributed by atoms with Gasteiger partial charge in [0.25, 0.3) is 0 Å². The normalized spacial score (nSPS) is 13.8. The monoisotopic (exact) mass is 395 g/mol. The number of carboxylic acid groups (broad SMARTS) is 2. The predicted molar refractivity (Wildman–Crippen MR) is 103 cm³/mol. The van der Waals surface area contributed by atoms with Gasteiger partial charge in [0, 0.05) is 0 Å². The number of carboxylic acids is 2. The van der Waals surface area contributed by atoms with Crippen molar-refractivity contribution in [2.24, 2.45) is 5.92 Å². The fraction of sp³-hybridized carbons (Fsp3) is 0.550. The summed E-state index contributed by atoms with van der Waals surface area (Å²) in [5.41, 5.74) is 0.567. The molecular formula is C20H29NO7. The molecule has 0 radical (unpaired) electrons. The molecule has 1 aromatic carbocycles. The molecule has 2 rings (SSSR count). The molecule has 0 spiro atoms. The fourth-order valence-corrected chi connectivity index (χ4v) is 2.63. The zero-order valence-electron chi connectivity index (χ0n) is 16.2. The molecule has 1 aromatic rings. The number of carbonyl (C=O) groups is 3. The Bertz CT molecular complexity index is 595. The number of hydrogen-bond donors (Lipinski definition) is 3. The topological polar surface area (TPSA) is 122 Å². The predicted octanol–water partition coefficient (Wildman–Crippen LogP) is 2.57. The first-order valence-electron chi connectivity index (χ1n) is 9.46. The van der Waals surface area contributed by atoms with Crippen LogP contribution in [0.1, 0.15) is 49.4 Å². The third-order valence-corrected chi connectivity index (χ3v) is 4.17. The van der Waals surface area contributed by atoms with Crippen LogP contribution in [0.5, 0.6) is 5.75 Å². The highest BCUT2D eigenvalue weighted by Gasteiger charge is 2.12. The Morgan fingerprint density at radius 1 is 1.04 bits per heavy atom. The summed E-state index contributed by atoms with van der Waals surface area (Å²) in [6.07, 6.45) is 2.99.